The molecule has 1 atom stereocenters. The number of hydrogen-bond acceptors (Lipinski definition) is 4. The maximum atomic E-state index is 12.9. The van der Waals surface area contributed by atoms with Crippen molar-refractivity contribution in [3.05, 3.63) is 75.6 Å². The minimum atomic E-state index is -0.393. The molecular weight excluding hydrogens is 342 g/mol. The molecule has 0 spiro atoms. The number of aromatic nitrogens is 3. The van der Waals surface area contributed by atoms with Gasteiger partial charge in [0, 0.05) is 12.3 Å². The molecule has 1 aliphatic heterocycles. The maximum Gasteiger partial charge on any atom is 0.258 e. The van der Waals surface area contributed by atoms with Crippen molar-refractivity contribution < 1.29 is 4.79 Å². The summed E-state index contributed by atoms with van der Waals surface area (Å²) in [6, 6.07) is 16.6. The maximum absolute atomic E-state index is 12.9. The van der Waals surface area contributed by atoms with E-state index < -0.39 is 5.92 Å². The zero-order chi connectivity index (χ0) is 18.5. The smallest absolute Gasteiger partial charge is 0.258 e. The SMILES string of the molecule is N#Cc1ccc([C@H]2CC(=O)Nc3c2c(=O)[nH]c2nc4ccccc4n32)cc1. The number of nitriles is 1. The highest BCUT2D eigenvalue weighted by Crippen LogP contribution is 2.36. The molecule has 0 unspecified atom stereocenters. The molecule has 4 aromatic rings. The van der Waals surface area contributed by atoms with Crippen LogP contribution in [0, 0.1) is 11.3 Å². The molecular formula is C20H13N5O2. The van der Waals surface area contributed by atoms with E-state index in [-0.39, 0.29) is 17.9 Å². The first-order chi connectivity index (χ1) is 13.2. The summed E-state index contributed by atoms with van der Waals surface area (Å²) >= 11 is 0. The van der Waals surface area contributed by atoms with Gasteiger partial charge in [0.2, 0.25) is 11.7 Å². The van der Waals surface area contributed by atoms with E-state index in [4.69, 9.17) is 5.26 Å². The summed E-state index contributed by atoms with van der Waals surface area (Å²) < 4.78 is 1.78. The van der Waals surface area contributed by atoms with Gasteiger partial charge in [-0.05, 0) is 29.8 Å². The topological polar surface area (TPSA) is 103 Å². The minimum absolute atomic E-state index is 0.165. The van der Waals surface area contributed by atoms with E-state index in [1.54, 1.807) is 28.7 Å². The van der Waals surface area contributed by atoms with Crippen LogP contribution in [0.5, 0.6) is 0 Å². The first kappa shape index (κ1) is 15.3. The van der Waals surface area contributed by atoms with Crippen molar-refractivity contribution in [2.75, 3.05) is 5.32 Å². The Morgan fingerprint density at radius 1 is 1.11 bits per heavy atom. The second-order valence-corrected chi connectivity index (χ2v) is 6.51. The van der Waals surface area contributed by atoms with Gasteiger partial charge in [0.05, 0.1) is 28.2 Å². The molecule has 2 aromatic heterocycles. The fraction of sp³-hybridized carbons (Fsp3) is 0.100. The third-order valence-corrected chi connectivity index (χ3v) is 4.95. The molecule has 27 heavy (non-hydrogen) atoms. The first-order valence-corrected chi connectivity index (χ1v) is 8.49. The number of H-pyrrole nitrogens is 1. The third kappa shape index (κ3) is 2.24. The number of fused-ring (bicyclic) bond motifs is 5. The van der Waals surface area contributed by atoms with E-state index in [9.17, 15) is 9.59 Å². The second kappa shape index (κ2) is 5.54. The number of carbonyl (C=O) groups is 1. The first-order valence-electron chi connectivity index (χ1n) is 8.49. The molecule has 0 aliphatic carbocycles. The van der Waals surface area contributed by atoms with Gasteiger partial charge < -0.3 is 5.32 Å². The van der Waals surface area contributed by atoms with Crippen molar-refractivity contribution in [3.8, 4) is 6.07 Å². The van der Waals surface area contributed by atoms with Crippen LogP contribution in [-0.2, 0) is 4.79 Å². The van der Waals surface area contributed by atoms with Crippen LogP contribution < -0.4 is 10.9 Å². The molecule has 0 bridgehead atoms. The molecule has 3 heterocycles. The Bertz CT molecular complexity index is 1320. The molecule has 2 N–H and O–H groups in total. The quantitative estimate of drug-likeness (QED) is 0.547. The fourth-order valence-electron chi connectivity index (χ4n) is 3.72. The van der Waals surface area contributed by atoms with Crippen LogP contribution in [0.3, 0.4) is 0 Å². The Morgan fingerprint density at radius 3 is 2.67 bits per heavy atom. The average Bonchev–Trinajstić information content (AvgIpc) is 3.05. The highest BCUT2D eigenvalue weighted by Gasteiger charge is 2.32. The molecule has 0 radical (unpaired) electrons. The zero-order valence-corrected chi connectivity index (χ0v) is 14.1. The number of rotatable bonds is 1. The second-order valence-electron chi connectivity index (χ2n) is 6.51. The van der Waals surface area contributed by atoms with Crippen molar-refractivity contribution in [1.82, 2.24) is 14.4 Å². The standard InChI is InChI=1S/C20H13N5O2/c21-10-11-5-7-12(8-6-11)13-9-16(26)23-18-17(13)19(27)24-20-22-14-3-1-2-4-15(14)25(18)20/h1-8,13H,9H2,(H,23,26)(H,22,24,27)/t13-/m1/s1. The van der Waals surface area contributed by atoms with Crippen LogP contribution in [0.4, 0.5) is 5.82 Å². The lowest BCUT2D eigenvalue weighted by molar-refractivity contribution is -0.116. The van der Waals surface area contributed by atoms with Crippen LogP contribution in [0.15, 0.2) is 53.3 Å². The molecule has 1 aliphatic rings. The van der Waals surface area contributed by atoms with Crippen molar-refractivity contribution in [2.24, 2.45) is 0 Å². The number of hydrogen-bond donors (Lipinski definition) is 2. The molecule has 2 aromatic carbocycles. The van der Waals surface area contributed by atoms with E-state index in [1.807, 2.05) is 24.3 Å². The Labute approximate surface area is 152 Å². The number of carbonyl (C=O) groups excluding carboxylic acids is 1. The van der Waals surface area contributed by atoms with Gasteiger partial charge in [-0.2, -0.15) is 5.26 Å². The summed E-state index contributed by atoms with van der Waals surface area (Å²) in [5.74, 6) is 0.283. The van der Waals surface area contributed by atoms with E-state index in [2.05, 4.69) is 21.4 Å². The van der Waals surface area contributed by atoms with Gasteiger partial charge in [0.25, 0.3) is 5.56 Å². The molecule has 0 saturated heterocycles. The third-order valence-electron chi connectivity index (χ3n) is 4.95. The number of anilines is 1. The van der Waals surface area contributed by atoms with Crippen molar-refractivity contribution in [3.63, 3.8) is 0 Å². The van der Waals surface area contributed by atoms with Gasteiger partial charge in [0.15, 0.2) is 0 Å². The molecule has 7 heteroatoms. The van der Waals surface area contributed by atoms with Crippen molar-refractivity contribution in [2.45, 2.75) is 12.3 Å². The summed E-state index contributed by atoms with van der Waals surface area (Å²) in [6.07, 6.45) is 0.167. The lowest BCUT2D eigenvalue weighted by Gasteiger charge is -2.25. The number of aromatic amines is 1. The van der Waals surface area contributed by atoms with Gasteiger partial charge in [-0.15, -0.1) is 0 Å². The Hall–Kier alpha value is -3.92. The number of amides is 1. The predicted molar refractivity (Wildman–Crippen MR) is 99.6 cm³/mol. The number of para-hydroxylation sites is 2. The zero-order valence-electron chi connectivity index (χ0n) is 14.1. The molecule has 130 valence electrons. The van der Waals surface area contributed by atoms with Gasteiger partial charge in [-0.25, -0.2) is 4.98 Å². The van der Waals surface area contributed by atoms with Gasteiger partial charge in [-0.1, -0.05) is 24.3 Å². The summed E-state index contributed by atoms with van der Waals surface area (Å²) in [7, 11) is 0. The summed E-state index contributed by atoms with van der Waals surface area (Å²) in [6.45, 7) is 0. The molecule has 5 rings (SSSR count). The number of nitrogens with one attached hydrogen (secondary N) is 2. The largest absolute Gasteiger partial charge is 0.311 e. The number of imidazole rings is 1. The van der Waals surface area contributed by atoms with E-state index in [0.717, 1.165) is 16.6 Å². The van der Waals surface area contributed by atoms with Gasteiger partial charge >= 0.3 is 0 Å². The highest BCUT2D eigenvalue weighted by molar-refractivity contribution is 5.96. The van der Waals surface area contributed by atoms with E-state index in [1.165, 1.54) is 0 Å². The van der Waals surface area contributed by atoms with Crippen LogP contribution in [0.25, 0.3) is 16.8 Å². The van der Waals surface area contributed by atoms with Crippen molar-refractivity contribution in [1.29, 1.82) is 5.26 Å². The monoisotopic (exact) mass is 355 g/mol. The normalized spacial score (nSPS) is 16.1. The van der Waals surface area contributed by atoms with Crippen LogP contribution in [0.2, 0.25) is 0 Å². The Morgan fingerprint density at radius 2 is 1.89 bits per heavy atom. The Kier molecular flexibility index (Phi) is 3.15. The average molecular weight is 355 g/mol. The van der Waals surface area contributed by atoms with Crippen LogP contribution >= 0.6 is 0 Å². The van der Waals surface area contributed by atoms with Crippen LogP contribution in [-0.4, -0.2) is 20.3 Å². The summed E-state index contributed by atoms with van der Waals surface area (Å²) in [5.41, 5.74) is 3.11. The van der Waals surface area contributed by atoms with Crippen molar-refractivity contribution >= 4 is 28.5 Å². The van der Waals surface area contributed by atoms with E-state index >= 15 is 0 Å². The lowest BCUT2D eigenvalue weighted by atomic mass is 9.86. The number of benzene rings is 2. The van der Waals surface area contributed by atoms with Gasteiger partial charge in [0.1, 0.15) is 5.82 Å². The summed E-state index contributed by atoms with van der Waals surface area (Å²) in [5, 5.41) is 11.9. The molecule has 1 amide bonds. The summed E-state index contributed by atoms with van der Waals surface area (Å²) in [4.78, 5) is 32.6. The Balaban J connectivity index is 1.82. The molecule has 7 nitrogen and oxygen atoms in total. The van der Waals surface area contributed by atoms with Crippen LogP contribution in [0.1, 0.15) is 29.0 Å². The molecule has 0 fully saturated rings. The highest BCUT2D eigenvalue weighted by atomic mass is 16.2. The lowest BCUT2D eigenvalue weighted by Crippen LogP contribution is -2.32. The number of nitrogens with zero attached hydrogens (tertiary/aromatic N) is 3. The predicted octanol–water partition coefficient (Wildman–Crippen LogP) is 2.52. The fourth-order valence-corrected chi connectivity index (χ4v) is 3.72. The van der Waals surface area contributed by atoms with E-state index in [0.29, 0.717) is 22.7 Å². The molecule has 0 saturated carbocycles. The minimum Gasteiger partial charge on any atom is -0.311 e. The van der Waals surface area contributed by atoms with Gasteiger partial charge in [-0.3, -0.25) is 19.0 Å².